The van der Waals surface area contributed by atoms with Crippen LogP contribution in [0.2, 0.25) is 0 Å². The van der Waals surface area contributed by atoms with E-state index in [0.29, 0.717) is 24.3 Å². The molecule has 2 aliphatic carbocycles. The monoisotopic (exact) mass is 291 g/mol. The van der Waals surface area contributed by atoms with Gasteiger partial charge in [0.05, 0.1) is 18.1 Å². The standard InChI is InChI=1S/C16H21NO2S/c1-19-15(18)8-6-10-5-7-12-11-3-2-4-13(11)16(20)17-14(12)9-10/h5,7,11,13-14H,2-4,6,8-9H2,1H3,(H,17,20). The lowest BCUT2D eigenvalue weighted by atomic mass is 9.76. The number of methoxy groups -OCH3 is 1. The van der Waals surface area contributed by atoms with Crippen molar-refractivity contribution in [2.45, 2.75) is 44.6 Å². The lowest BCUT2D eigenvalue weighted by Gasteiger charge is -2.39. The summed E-state index contributed by atoms with van der Waals surface area (Å²) in [7, 11) is 1.44. The molecule has 3 nitrogen and oxygen atoms in total. The third-order valence-corrected chi connectivity index (χ3v) is 5.28. The van der Waals surface area contributed by atoms with Crippen molar-refractivity contribution in [3.05, 3.63) is 23.3 Å². The smallest absolute Gasteiger partial charge is 0.305 e. The second-order valence-electron chi connectivity index (χ2n) is 5.98. The van der Waals surface area contributed by atoms with Crippen LogP contribution in [0.15, 0.2) is 23.3 Å². The molecule has 0 aromatic heterocycles. The van der Waals surface area contributed by atoms with E-state index in [-0.39, 0.29) is 5.97 Å². The summed E-state index contributed by atoms with van der Waals surface area (Å²) in [6, 6.07) is 0.361. The summed E-state index contributed by atoms with van der Waals surface area (Å²) in [6.07, 6.45) is 10.5. The van der Waals surface area contributed by atoms with Gasteiger partial charge >= 0.3 is 5.97 Å². The highest BCUT2D eigenvalue weighted by Gasteiger charge is 2.41. The number of ether oxygens (including phenoxy) is 1. The highest BCUT2D eigenvalue weighted by molar-refractivity contribution is 7.80. The summed E-state index contributed by atoms with van der Waals surface area (Å²) < 4.78 is 4.70. The molecule has 3 rings (SSSR count). The van der Waals surface area contributed by atoms with Crippen molar-refractivity contribution < 1.29 is 9.53 Å². The molecule has 0 aromatic carbocycles. The molecule has 1 saturated carbocycles. The van der Waals surface area contributed by atoms with E-state index in [1.807, 2.05) is 0 Å². The first-order valence-electron chi connectivity index (χ1n) is 7.45. The molecule has 1 saturated heterocycles. The molecular formula is C16H21NO2S. The maximum absolute atomic E-state index is 11.2. The number of fused-ring (bicyclic) bond motifs is 3. The molecule has 0 bridgehead atoms. The highest BCUT2D eigenvalue weighted by atomic mass is 32.1. The van der Waals surface area contributed by atoms with Crippen molar-refractivity contribution in [2.75, 3.05) is 7.11 Å². The van der Waals surface area contributed by atoms with E-state index in [1.54, 1.807) is 0 Å². The van der Waals surface area contributed by atoms with Crippen LogP contribution in [0.4, 0.5) is 0 Å². The van der Waals surface area contributed by atoms with Gasteiger partial charge in [0, 0.05) is 12.3 Å². The first kappa shape index (κ1) is 13.8. The van der Waals surface area contributed by atoms with E-state index in [2.05, 4.69) is 17.5 Å². The van der Waals surface area contributed by atoms with E-state index >= 15 is 0 Å². The molecule has 0 amide bonds. The van der Waals surface area contributed by atoms with Crippen molar-refractivity contribution >= 4 is 23.2 Å². The first-order valence-corrected chi connectivity index (χ1v) is 7.86. The number of allylic oxidation sites excluding steroid dienone is 2. The Balaban J connectivity index is 1.71. The Hall–Kier alpha value is -1.16. The van der Waals surface area contributed by atoms with Crippen molar-refractivity contribution in [3.8, 4) is 0 Å². The third-order valence-electron chi connectivity index (χ3n) is 4.86. The summed E-state index contributed by atoms with van der Waals surface area (Å²) in [5.41, 5.74) is 2.85. The molecular weight excluding hydrogens is 270 g/mol. The Morgan fingerprint density at radius 3 is 3.00 bits per heavy atom. The van der Waals surface area contributed by atoms with Crippen LogP contribution in [0.25, 0.3) is 0 Å². The molecule has 2 fully saturated rings. The van der Waals surface area contributed by atoms with Gasteiger partial charge in [0.2, 0.25) is 0 Å². The molecule has 108 valence electrons. The number of thiocarbonyl (C=S) groups is 1. The molecule has 1 heterocycles. The van der Waals surface area contributed by atoms with Crippen LogP contribution in [0, 0.1) is 11.8 Å². The number of hydrogen-bond donors (Lipinski definition) is 1. The fraction of sp³-hybridized carbons (Fsp3) is 0.625. The van der Waals surface area contributed by atoms with Gasteiger partial charge in [-0.05, 0) is 37.2 Å². The quantitative estimate of drug-likeness (QED) is 0.641. The van der Waals surface area contributed by atoms with Crippen LogP contribution in [0.5, 0.6) is 0 Å². The SMILES string of the molecule is COC(=O)CCC1=CC=C2C(C1)NC(=S)C1CCCC21. The fourth-order valence-corrected chi connectivity index (χ4v) is 4.22. The predicted molar refractivity (Wildman–Crippen MR) is 82.4 cm³/mol. The molecule has 3 aliphatic rings. The van der Waals surface area contributed by atoms with E-state index in [0.717, 1.165) is 17.8 Å². The van der Waals surface area contributed by atoms with Gasteiger partial charge in [-0.25, -0.2) is 0 Å². The summed E-state index contributed by atoms with van der Waals surface area (Å²) in [6.45, 7) is 0. The Morgan fingerprint density at radius 1 is 1.40 bits per heavy atom. The molecule has 0 aromatic rings. The third kappa shape index (κ3) is 2.53. The van der Waals surface area contributed by atoms with Gasteiger partial charge in [-0.2, -0.15) is 0 Å². The van der Waals surface area contributed by atoms with Crippen molar-refractivity contribution in [1.29, 1.82) is 0 Å². The van der Waals surface area contributed by atoms with E-state index in [4.69, 9.17) is 17.0 Å². The van der Waals surface area contributed by atoms with Gasteiger partial charge in [0.1, 0.15) is 0 Å². The Morgan fingerprint density at radius 2 is 2.20 bits per heavy atom. The normalized spacial score (nSPS) is 31.6. The average molecular weight is 291 g/mol. The summed E-state index contributed by atoms with van der Waals surface area (Å²) in [5, 5.41) is 3.53. The maximum atomic E-state index is 11.2. The molecule has 3 atom stereocenters. The largest absolute Gasteiger partial charge is 0.469 e. The number of carbonyl (C=O) groups is 1. The van der Waals surface area contributed by atoms with E-state index in [1.165, 1.54) is 37.5 Å². The Labute approximate surface area is 125 Å². The zero-order valence-electron chi connectivity index (χ0n) is 11.9. The average Bonchev–Trinajstić information content (AvgIpc) is 2.94. The van der Waals surface area contributed by atoms with Gasteiger partial charge in [-0.3, -0.25) is 4.79 Å². The van der Waals surface area contributed by atoms with Crippen LogP contribution in [0.1, 0.15) is 38.5 Å². The number of piperidine rings is 1. The summed E-state index contributed by atoms with van der Waals surface area (Å²) in [4.78, 5) is 12.3. The number of carbonyl (C=O) groups excluding carboxylic acids is 1. The minimum Gasteiger partial charge on any atom is -0.469 e. The minimum atomic E-state index is -0.136. The zero-order chi connectivity index (χ0) is 14.1. The van der Waals surface area contributed by atoms with Crippen molar-refractivity contribution in [2.24, 2.45) is 11.8 Å². The van der Waals surface area contributed by atoms with E-state index in [9.17, 15) is 4.79 Å². The first-order chi connectivity index (χ1) is 9.69. The molecule has 0 radical (unpaired) electrons. The number of nitrogens with one attached hydrogen (secondary N) is 1. The second-order valence-corrected chi connectivity index (χ2v) is 6.42. The highest BCUT2D eigenvalue weighted by Crippen LogP contribution is 2.44. The van der Waals surface area contributed by atoms with Crippen LogP contribution in [-0.2, 0) is 9.53 Å². The molecule has 0 spiro atoms. The second kappa shape index (κ2) is 5.68. The fourth-order valence-electron chi connectivity index (χ4n) is 3.80. The van der Waals surface area contributed by atoms with Gasteiger partial charge in [-0.15, -0.1) is 0 Å². The molecule has 1 N–H and O–H groups in total. The number of rotatable bonds is 3. The van der Waals surface area contributed by atoms with E-state index < -0.39 is 0 Å². The van der Waals surface area contributed by atoms with Crippen molar-refractivity contribution in [1.82, 2.24) is 5.32 Å². The van der Waals surface area contributed by atoms with Crippen molar-refractivity contribution in [3.63, 3.8) is 0 Å². The molecule has 1 aliphatic heterocycles. The van der Waals surface area contributed by atoms with Gasteiger partial charge in [-0.1, -0.05) is 36.4 Å². The predicted octanol–water partition coefficient (Wildman–Crippen LogP) is 2.91. The number of hydrogen-bond acceptors (Lipinski definition) is 3. The van der Waals surface area contributed by atoms with Crippen LogP contribution < -0.4 is 5.32 Å². The minimum absolute atomic E-state index is 0.136. The van der Waals surface area contributed by atoms with Crippen LogP contribution in [-0.4, -0.2) is 24.1 Å². The number of esters is 1. The Kier molecular flexibility index (Phi) is 3.92. The van der Waals surface area contributed by atoms with Crippen LogP contribution >= 0.6 is 12.2 Å². The lowest BCUT2D eigenvalue weighted by molar-refractivity contribution is -0.140. The maximum Gasteiger partial charge on any atom is 0.305 e. The summed E-state index contributed by atoms with van der Waals surface area (Å²) in [5.74, 6) is 1.09. The molecule has 4 heteroatoms. The summed E-state index contributed by atoms with van der Waals surface area (Å²) >= 11 is 5.54. The zero-order valence-corrected chi connectivity index (χ0v) is 12.7. The lowest BCUT2D eigenvalue weighted by Crippen LogP contribution is -2.48. The van der Waals surface area contributed by atoms with Gasteiger partial charge in [0.25, 0.3) is 0 Å². The topological polar surface area (TPSA) is 38.3 Å². The molecule has 20 heavy (non-hydrogen) atoms. The Bertz CT molecular complexity index is 495. The van der Waals surface area contributed by atoms with Gasteiger partial charge < -0.3 is 10.1 Å². The van der Waals surface area contributed by atoms with Crippen LogP contribution in [0.3, 0.4) is 0 Å². The van der Waals surface area contributed by atoms with Gasteiger partial charge in [0.15, 0.2) is 0 Å². The molecule has 3 unspecified atom stereocenters.